The third kappa shape index (κ3) is 5.66. The number of carbonyl (C=O) groups is 3. The Morgan fingerprint density at radius 2 is 1.87 bits per heavy atom. The molecule has 0 saturated carbocycles. The van der Waals surface area contributed by atoms with Gasteiger partial charge in [-0.25, -0.2) is 4.98 Å². The first-order valence-electron chi connectivity index (χ1n) is 13.1. The van der Waals surface area contributed by atoms with Gasteiger partial charge in [0.05, 0.1) is 27.7 Å². The number of fused-ring (bicyclic) bond motifs is 1. The summed E-state index contributed by atoms with van der Waals surface area (Å²) in [6.07, 6.45) is 5.03. The van der Waals surface area contributed by atoms with Crippen LogP contribution in [0.2, 0.25) is 10.0 Å². The summed E-state index contributed by atoms with van der Waals surface area (Å²) in [6.45, 7) is 4.15. The number of hydrogen-bond donors (Lipinski definition) is 2. The number of rotatable bonds is 7. The minimum Gasteiger partial charge on any atom is -0.343 e. The van der Waals surface area contributed by atoms with Gasteiger partial charge in [0.1, 0.15) is 5.82 Å². The van der Waals surface area contributed by atoms with Crippen LogP contribution in [-0.4, -0.2) is 63.2 Å². The zero-order chi connectivity index (χ0) is 26.8. The van der Waals surface area contributed by atoms with E-state index in [1.165, 1.54) is 6.07 Å². The van der Waals surface area contributed by atoms with Gasteiger partial charge in [-0.15, -0.1) is 0 Å². The average molecular weight is 556 g/mol. The molecular weight excluding hydrogens is 525 g/mol. The zero-order valence-electron chi connectivity index (χ0n) is 21.3. The standard InChI is InChI=1S/C28H31Cl2N5O3/c1-17(26-32-23-10-7-19(29)16-24(23)33-26)31-27(37)18-6-9-21(22(30)15-18)28(38)35-14-4-5-20(35)8-11-25(36)34-12-2-3-13-34/h6-7,9-10,15-17,20H,2-5,8,11-14H2,1H3,(H,31,37)(H,32,33)/t17-,20+/m0/s1. The minimum atomic E-state index is -0.387. The largest absolute Gasteiger partial charge is 0.343 e. The minimum absolute atomic E-state index is 0.0210. The summed E-state index contributed by atoms with van der Waals surface area (Å²) in [5.41, 5.74) is 2.27. The molecule has 2 aromatic carbocycles. The molecule has 0 spiro atoms. The smallest absolute Gasteiger partial charge is 0.255 e. The van der Waals surface area contributed by atoms with Gasteiger partial charge in [-0.3, -0.25) is 14.4 Å². The second-order valence-electron chi connectivity index (χ2n) is 10.1. The van der Waals surface area contributed by atoms with Gasteiger partial charge >= 0.3 is 0 Å². The Labute approximate surface area is 231 Å². The third-order valence-corrected chi connectivity index (χ3v) is 8.02. The van der Waals surface area contributed by atoms with Crippen LogP contribution in [0.1, 0.15) is 78.0 Å². The lowest BCUT2D eigenvalue weighted by molar-refractivity contribution is -0.130. The molecule has 2 atom stereocenters. The molecule has 5 rings (SSSR count). The lowest BCUT2D eigenvalue weighted by Crippen LogP contribution is -2.37. The predicted molar refractivity (Wildman–Crippen MR) is 148 cm³/mol. The quantitative estimate of drug-likeness (QED) is 0.409. The molecule has 3 heterocycles. The van der Waals surface area contributed by atoms with Gasteiger partial charge in [0, 0.05) is 42.7 Å². The summed E-state index contributed by atoms with van der Waals surface area (Å²) in [6, 6.07) is 9.76. The summed E-state index contributed by atoms with van der Waals surface area (Å²) in [7, 11) is 0. The molecule has 2 N–H and O–H groups in total. The Balaban J connectivity index is 1.22. The van der Waals surface area contributed by atoms with Crippen LogP contribution < -0.4 is 5.32 Å². The normalized spacial score (nSPS) is 18.2. The van der Waals surface area contributed by atoms with E-state index < -0.39 is 0 Å². The molecule has 200 valence electrons. The number of benzene rings is 2. The molecule has 0 radical (unpaired) electrons. The van der Waals surface area contributed by atoms with Crippen molar-refractivity contribution < 1.29 is 14.4 Å². The zero-order valence-corrected chi connectivity index (χ0v) is 22.8. The van der Waals surface area contributed by atoms with E-state index in [1.54, 1.807) is 24.3 Å². The summed E-state index contributed by atoms with van der Waals surface area (Å²) in [4.78, 5) is 50.2. The Morgan fingerprint density at radius 3 is 2.63 bits per heavy atom. The monoisotopic (exact) mass is 555 g/mol. The fourth-order valence-electron chi connectivity index (χ4n) is 5.35. The van der Waals surface area contributed by atoms with Crippen molar-refractivity contribution in [3.05, 3.63) is 63.4 Å². The lowest BCUT2D eigenvalue weighted by atomic mass is 10.1. The molecule has 3 aromatic rings. The number of aromatic nitrogens is 2. The maximum atomic E-state index is 13.4. The predicted octanol–water partition coefficient (Wildman–Crippen LogP) is 5.37. The Hall–Kier alpha value is -3.10. The number of halogens is 2. The SMILES string of the molecule is C[C@H](NC(=O)c1ccc(C(=O)N2CCC[C@@H]2CCC(=O)N2CCCC2)c(Cl)c1)c1nc2cc(Cl)ccc2[nH]1. The second-order valence-corrected chi connectivity index (χ2v) is 10.9. The number of carbonyl (C=O) groups excluding carboxylic acids is 3. The van der Waals surface area contributed by atoms with Crippen LogP contribution in [0.5, 0.6) is 0 Å². The van der Waals surface area contributed by atoms with Gasteiger partial charge in [-0.2, -0.15) is 0 Å². The molecule has 3 amide bonds. The molecule has 10 heteroatoms. The van der Waals surface area contributed by atoms with Crippen LogP contribution >= 0.6 is 23.2 Å². The first kappa shape index (κ1) is 26.5. The van der Waals surface area contributed by atoms with E-state index in [4.69, 9.17) is 23.2 Å². The van der Waals surface area contributed by atoms with Crippen LogP contribution in [0.3, 0.4) is 0 Å². The highest BCUT2D eigenvalue weighted by atomic mass is 35.5. The second kappa shape index (κ2) is 11.3. The van der Waals surface area contributed by atoms with Crippen molar-refractivity contribution in [1.29, 1.82) is 0 Å². The van der Waals surface area contributed by atoms with Crippen molar-refractivity contribution in [1.82, 2.24) is 25.1 Å². The van der Waals surface area contributed by atoms with Crippen molar-refractivity contribution in [2.45, 2.75) is 57.5 Å². The fourth-order valence-corrected chi connectivity index (χ4v) is 5.78. The summed E-state index contributed by atoms with van der Waals surface area (Å²) >= 11 is 12.6. The van der Waals surface area contributed by atoms with Gasteiger partial charge in [0.15, 0.2) is 0 Å². The Kier molecular flexibility index (Phi) is 7.91. The van der Waals surface area contributed by atoms with E-state index in [2.05, 4.69) is 15.3 Å². The molecule has 2 aliphatic rings. The molecule has 2 saturated heterocycles. The van der Waals surface area contributed by atoms with Crippen LogP contribution in [-0.2, 0) is 4.79 Å². The first-order chi connectivity index (χ1) is 18.3. The highest BCUT2D eigenvalue weighted by molar-refractivity contribution is 6.34. The van der Waals surface area contributed by atoms with Gasteiger partial charge in [-0.1, -0.05) is 23.2 Å². The Morgan fingerprint density at radius 1 is 1.08 bits per heavy atom. The van der Waals surface area contributed by atoms with Crippen molar-refractivity contribution >= 4 is 52.0 Å². The Bertz CT molecular complexity index is 1370. The number of likely N-dealkylation sites (tertiary alicyclic amines) is 2. The van der Waals surface area contributed by atoms with Gasteiger partial charge in [-0.05, 0) is 75.4 Å². The molecule has 2 aliphatic heterocycles. The molecule has 1 aromatic heterocycles. The number of imidazole rings is 1. The van der Waals surface area contributed by atoms with E-state index in [0.717, 1.165) is 49.8 Å². The van der Waals surface area contributed by atoms with Crippen molar-refractivity contribution in [3.63, 3.8) is 0 Å². The van der Waals surface area contributed by atoms with E-state index in [1.807, 2.05) is 22.8 Å². The van der Waals surface area contributed by atoms with E-state index >= 15 is 0 Å². The van der Waals surface area contributed by atoms with Gasteiger partial charge in [0.2, 0.25) is 5.91 Å². The number of amides is 3. The number of aromatic amines is 1. The number of nitrogens with one attached hydrogen (secondary N) is 2. The maximum Gasteiger partial charge on any atom is 0.255 e. The van der Waals surface area contributed by atoms with Crippen LogP contribution in [0.4, 0.5) is 0 Å². The number of H-pyrrole nitrogens is 1. The fraction of sp³-hybridized carbons (Fsp3) is 0.429. The third-order valence-electron chi connectivity index (χ3n) is 7.47. The number of nitrogens with zero attached hydrogens (tertiary/aromatic N) is 3. The average Bonchev–Trinajstić information content (AvgIpc) is 3.67. The van der Waals surface area contributed by atoms with E-state index in [9.17, 15) is 14.4 Å². The van der Waals surface area contributed by atoms with Crippen molar-refractivity contribution in [3.8, 4) is 0 Å². The van der Waals surface area contributed by atoms with Crippen LogP contribution in [0.15, 0.2) is 36.4 Å². The highest BCUT2D eigenvalue weighted by Crippen LogP contribution is 2.28. The molecule has 38 heavy (non-hydrogen) atoms. The molecule has 0 bridgehead atoms. The van der Waals surface area contributed by atoms with Gasteiger partial charge < -0.3 is 20.1 Å². The lowest BCUT2D eigenvalue weighted by Gasteiger charge is -2.26. The van der Waals surface area contributed by atoms with Gasteiger partial charge in [0.25, 0.3) is 11.8 Å². The summed E-state index contributed by atoms with van der Waals surface area (Å²) in [5.74, 6) is 0.302. The van der Waals surface area contributed by atoms with Crippen LogP contribution in [0, 0.1) is 0 Å². The first-order valence-corrected chi connectivity index (χ1v) is 13.9. The molecule has 2 fully saturated rings. The summed E-state index contributed by atoms with van der Waals surface area (Å²) < 4.78 is 0. The van der Waals surface area contributed by atoms with E-state index in [0.29, 0.717) is 41.4 Å². The van der Waals surface area contributed by atoms with Crippen molar-refractivity contribution in [2.24, 2.45) is 0 Å². The maximum absolute atomic E-state index is 13.4. The van der Waals surface area contributed by atoms with Crippen LogP contribution in [0.25, 0.3) is 11.0 Å². The molecule has 0 aliphatic carbocycles. The molecule has 0 unspecified atom stereocenters. The molecular formula is C28H31Cl2N5O3. The van der Waals surface area contributed by atoms with E-state index in [-0.39, 0.29) is 34.8 Å². The topological polar surface area (TPSA) is 98.4 Å². The highest BCUT2D eigenvalue weighted by Gasteiger charge is 2.31. The van der Waals surface area contributed by atoms with Crippen molar-refractivity contribution in [2.75, 3.05) is 19.6 Å². The number of hydrogen-bond acceptors (Lipinski definition) is 4. The molecule has 8 nitrogen and oxygen atoms in total. The summed E-state index contributed by atoms with van der Waals surface area (Å²) in [5, 5.41) is 3.74.